The Morgan fingerprint density at radius 1 is 1.29 bits per heavy atom. The summed E-state index contributed by atoms with van der Waals surface area (Å²) in [5, 5.41) is 3.85. The van der Waals surface area contributed by atoms with Crippen LogP contribution in [0.1, 0.15) is 52.5 Å². The molecule has 21 heavy (non-hydrogen) atoms. The average molecular weight is 289 g/mol. The lowest BCUT2D eigenvalue weighted by atomic mass is 9.86. The third kappa shape index (κ3) is 4.27. The van der Waals surface area contributed by atoms with E-state index in [1.165, 1.54) is 24.8 Å². The molecule has 1 aromatic rings. The highest BCUT2D eigenvalue weighted by molar-refractivity contribution is 5.11. The van der Waals surface area contributed by atoms with Gasteiger partial charge in [-0.05, 0) is 42.9 Å². The molecule has 0 amide bonds. The van der Waals surface area contributed by atoms with Crippen LogP contribution in [0.4, 0.5) is 0 Å². The number of pyridine rings is 1. The molecule has 0 bridgehead atoms. The largest absolute Gasteiger partial charge is 0.308 e. The van der Waals surface area contributed by atoms with E-state index in [0.29, 0.717) is 11.6 Å². The zero-order valence-electron chi connectivity index (χ0n) is 14.1. The zero-order valence-corrected chi connectivity index (χ0v) is 14.1. The molecule has 0 aromatic carbocycles. The highest BCUT2D eigenvalue weighted by atomic mass is 15.3. The predicted molar refractivity (Wildman–Crippen MR) is 89.2 cm³/mol. The van der Waals surface area contributed by atoms with Gasteiger partial charge in [0.15, 0.2) is 0 Å². The predicted octanol–water partition coefficient (Wildman–Crippen LogP) is 3.46. The van der Waals surface area contributed by atoms with Crippen molar-refractivity contribution >= 4 is 0 Å². The molecule has 1 unspecified atom stereocenters. The Morgan fingerprint density at radius 3 is 2.52 bits per heavy atom. The highest BCUT2D eigenvalue weighted by Gasteiger charge is 2.36. The number of nitrogens with one attached hydrogen (secondary N) is 1. The standard InChI is InChI=1S/C18H31N3/c1-5-18(6-2)14-21(13-16-7-9-19-10-8-16)17(12-20-18)11-15(3)4/h7-10,15,17,20H,5-6,11-14H2,1-4H3. The molecule has 0 aliphatic carbocycles. The Balaban J connectivity index is 2.12. The van der Waals surface area contributed by atoms with Crippen molar-refractivity contribution in [3.63, 3.8) is 0 Å². The lowest BCUT2D eigenvalue weighted by molar-refractivity contribution is 0.0561. The summed E-state index contributed by atoms with van der Waals surface area (Å²) in [5.74, 6) is 0.743. The Labute approximate surface area is 130 Å². The maximum atomic E-state index is 4.14. The number of piperazine rings is 1. The van der Waals surface area contributed by atoms with Gasteiger partial charge in [-0.3, -0.25) is 9.88 Å². The minimum absolute atomic E-state index is 0.292. The van der Waals surface area contributed by atoms with Crippen LogP contribution in [0.3, 0.4) is 0 Å². The summed E-state index contributed by atoms with van der Waals surface area (Å²) < 4.78 is 0. The Bertz CT molecular complexity index is 412. The quantitative estimate of drug-likeness (QED) is 0.869. The van der Waals surface area contributed by atoms with E-state index < -0.39 is 0 Å². The van der Waals surface area contributed by atoms with Gasteiger partial charge in [0.05, 0.1) is 0 Å². The van der Waals surface area contributed by atoms with E-state index in [9.17, 15) is 0 Å². The van der Waals surface area contributed by atoms with Crippen LogP contribution in [0.15, 0.2) is 24.5 Å². The van der Waals surface area contributed by atoms with E-state index in [0.717, 1.165) is 25.6 Å². The van der Waals surface area contributed by atoms with Crippen molar-refractivity contribution in [3.8, 4) is 0 Å². The normalized spacial score (nSPS) is 22.6. The third-order valence-corrected chi connectivity index (χ3v) is 4.97. The van der Waals surface area contributed by atoms with Gasteiger partial charge in [0.1, 0.15) is 0 Å². The monoisotopic (exact) mass is 289 g/mol. The van der Waals surface area contributed by atoms with Gasteiger partial charge in [-0.2, -0.15) is 0 Å². The molecule has 1 aliphatic rings. The van der Waals surface area contributed by atoms with Gasteiger partial charge in [-0.25, -0.2) is 0 Å². The summed E-state index contributed by atoms with van der Waals surface area (Å²) >= 11 is 0. The van der Waals surface area contributed by atoms with Gasteiger partial charge >= 0.3 is 0 Å². The summed E-state index contributed by atoms with van der Waals surface area (Å²) in [5.41, 5.74) is 1.67. The molecular weight excluding hydrogens is 258 g/mol. The van der Waals surface area contributed by atoms with E-state index in [4.69, 9.17) is 0 Å². The van der Waals surface area contributed by atoms with E-state index >= 15 is 0 Å². The van der Waals surface area contributed by atoms with E-state index in [2.05, 4.69) is 55.0 Å². The lowest BCUT2D eigenvalue weighted by Crippen LogP contribution is -2.63. The number of aromatic nitrogens is 1. The van der Waals surface area contributed by atoms with Crippen LogP contribution < -0.4 is 5.32 Å². The fourth-order valence-corrected chi connectivity index (χ4v) is 3.45. The number of hydrogen-bond donors (Lipinski definition) is 1. The second kappa shape index (κ2) is 7.37. The summed E-state index contributed by atoms with van der Waals surface area (Å²) in [6, 6.07) is 4.94. The SMILES string of the molecule is CCC1(CC)CN(Cc2ccncc2)C(CC(C)C)CN1. The zero-order chi connectivity index (χ0) is 15.3. The van der Waals surface area contributed by atoms with Crippen LogP contribution in [0, 0.1) is 5.92 Å². The van der Waals surface area contributed by atoms with Crippen molar-refractivity contribution in [3.05, 3.63) is 30.1 Å². The molecule has 0 spiro atoms. The third-order valence-electron chi connectivity index (χ3n) is 4.97. The van der Waals surface area contributed by atoms with Gasteiger partial charge in [0.25, 0.3) is 0 Å². The highest BCUT2D eigenvalue weighted by Crippen LogP contribution is 2.26. The first-order chi connectivity index (χ1) is 10.1. The molecule has 1 fully saturated rings. The van der Waals surface area contributed by atoms with Crippen molar-refractivity contribution in [2.75, 3.05) is 13.1 Å². The van der Waals surface area contributed by atoms with Crippen molar-refractivity contribution in [1.82, 2.24) is 15.2 Å². The molecular formula is C18H31N3. The number of hydrogen-bond acceptors (Lipinski definition) is 3. The lowest BCUT2D eigenvalue weighted by Gasteiger charge is -2.48. The Hall–Kier alpha value is -0.930. The molecule has 0 radical (unpaired) electrons. The van der Waals surface area contributed by atoms with E-state index in [1.54, 1.807) is 0 Å². The van der Waals surface area contributed by atoms with Crippen LogP contribution in [-0.2, 0) is 6.54 Å². The van der Waals surface area contributed by atoms with Crippen LogP contribution in [0.2, 0.25) is 0 Å². The van der Waals surface area contributed by atoms with Crippen LogP contribution in [0.5, 0.6) is 0 Å². The molecule has 2 rings (SSSR count). The first kappa shape index (κ1) is 16.4. The maximum Gasteiger partial charge on any atom is 0.0304 e. The molecule has 0 saturated carbocycles. The smallest absolute Gasteiger partial charge is 0.0304 e. The Morgan fingerprint density at radius 2 is 1.95 bits per heavy atom. The molecule has 1 saturated heterocycles. The summed E-state index contributed by atoms with van der Waals surface area (Å²) in [7, 11) is 0. The van der Waals surface area contributed by atoms with Crippen molar-refractivity contribution in [2.45, 2.75) is 65.1 Å². The van der Waals surface area contributed by atoms with E-state index in [1.807, 2.05) is 12.4 Å². The molecule has 3 heteroatoms. The van der Waals surface area contributed by atoms with Crippen molar-refractivity contribution in [2.24, 2.45) is 5.92 Å². The molecule has 1 aromatic heterocycles. The second-order valence-electron chi connectivity index (χ2n) is 6.91. The van der Waals surface area contributed by atoms with Gasteiger partial charge in [-0.15, -0.1) is 0 Å². The molecule has 3 nitrogen and oxygen atoms in total. The van der Waals surface area contributed by atoms with Crippen molar-refractivity contribution in [1.29, 1.82) is 0 Å². The number of nitrogens with zero attached hydrogens (tertiary/aromatic N) is 2. The first-order valence-corrected chi connectivity index (χ1v) is 8.46. The van der Waals surface area contributed by atoms with Gasteiger partial charge in [0, 0.05) is 43.6 Å². The van der Waals surface area contributed by atoms with Crippen molar-refractivity contribution < 1.29 is 0 Å². The summed E-state index contributed by atoms with van der Waals surface area (Å²) in [6.45, 7) is 12.6. The maximum absolute atomic E-state index is 4.14. The van der Waals surface area contributed by atoms with Gasteiger partial charge in [-0.1, -0.05) is 27.7 Å². The Kier molecular flexibility index (Phi) is 5.77. The summed E-state index contributed by atoms with van der Waals surface area (Å²) in [4.78, 5) is 6.83. The average Bonchev–Trinajstić information content (AvgIpc) is 2.50. The molecule has 2 heterocycles. The second-order valence-corrected chi connectivity index (χ2v) is 6.91. The van der Waals surface area contributed by atoms with Crippen LogP contribution in [0.25, 0.3) is 0 Å². The van der Waals surface area contributed by atoms with E-state index in [-0.39, 0.29) is 0 Å². The molecule has 118 valence electrons. The topological polar surface area (TPSA) is 28.2 Å². The van der Waals surface area contributed by atoms with Crippen LogP contribution in [-0.4, -0.2) is 34.6 Å². The minimum Gasteiger partial charge on any atom is -0.308 e. The van der Waals surface area contributed by atoms with Gasteiger partial charge < -0.3 is 5.32 Å². The number of rotatable bonds is 6. The fraction of sp³-hybridized carbons (Fsp3) is 0.722. The molecule has 1 atom stereocenters. The van der Waals surface area contributed by atoms with Crippen LogP contribution >= 0.6 is 0 Å². The summed E-state index contributed by atoms with van der Waals surface area (Å²) in [6.07, 6.45) is 7.47. The minimum atomic E-state index is 0.292. The molecule has 1 aliphatic heterocycles. The molecule has 1 N–H and O–H groups in total. The van der Waals surface area contributed by atoms with Gasteiger partial charge in [0.2, 0.25) is 0 Å². The first-order valence-electron chi connectivity index (χ1n) is 8.46. The fourth-order valence-electron chi connectivity index (χ4n) is 3.45.